The number of benzene rings is 1. The summed E-state index contributed by atoms with van der Waals surface area (Å²) in [7, 11) is 0. The van der Waals surface area contributed by atoms with Crippen molar-refractivity contribution in [1.29, 1.82) is 0 Å². The van der Waals surface area contributed by atoms with Gasteiger partial charge in [0.25, 0.3) is 0 Å². The summed E-state index contributed by atoms with van der Waals surface area (Å²) in [6.45, 7) is 7.05. The Morgan fingerprint density at radius 3 is 2.47 bits per heavy atom. The zero-order valence-electron chi connectivity index (χ0n) is 11.9. The summed E-state index contributed by atoms with van der Waals surface area (Å²) >= 11 is 0. The van der Waals surface area contributed by atoms with E-state index in [2.05, 4.69) is 19.3 Å². The summed E-state index contributed by atoms with van der Waals surface area (Å²) in [5.41, 5.74) is 2.68. The van der Waals surface area contributed by atoms with Gasteiger partial charge in [0.2, 0.25) is 0 Å². The zero-order chi connectivity index (χ0) is 13.9. The number of nitrogens with one attached hydrogen (secondary N) is 1. The molecule has 0 fully saturated rings. The van der Waals surface area contributed by atoms with E-state index >= 15 is 0 Å². The molecule has 19 heavy (non-hydrogen) atoms. The van der Waals surface area contributed by atoms with Gasteiger partial charge in [-0.15, -0.1) is 0 Å². The quantitative estimate of drug-likeness (QED) is 0.549. The predicted octanol–water partition coefficient (Wildman–Crippen LogP) is 3.30. The molecule has 4 nitrogen and oxygen atoms in total. The van der Waals surface area contributed by atoms with Gasteiger partial charge < -0.3 is 9.47 Å². The molecule has 1 N–H and O–H groups in total. The maximum absolute atomic E-state index is 5.69. The van der Waals surface area contributed by atoms with Gasteiger partial charge in [0, 0.05) is 6.20 Å². The molecular weight excluding hydrogens is 242 g/mol. The Morgan fingerprint density at radius 1 is 1.16 bits per heavy atom. The molecule has 0 saturated carbocycles. The van der Waals surface area contributed by atoms with Gasteiger partial charge in [-0.1, -0.05) is 13.0 Å². The molecule has 1 aromatic carbocycles. The first kappa shape index (κ1) is 15.4. The van der Waals surface area contributed by atoms with Gasteiger partial charge in [-0.3, -0.25) is 10.3 Å². The summed E-state index contributed by atoms with van der Waals surface area (Å²) in [5.74, 6) is 1.68. The number of ether oxygens (including phenoxy) is 2. The van der Waals surface area contributed by atoms with Crippen LogP contribution in [0.4, 0.5) is 0 Å². The molecule has 1 atom stereocenters. The fourth-order valence-corrected chi connectivity index (χ4v) is 1.31. The normalized spacial score (nSPS) is 12.4. The first-order valence-corrected chi connectivity index (χ1v) is 6.64. The number of rotatable bonds is 9. The van der Waals surface area contributed by atoms with Crippen LogP contribution in [0.25, 0.3) is 0 Å². The van der Waals surface area contributed by atoms with Crippen LogP contribution in [0.5, 0.6) is 11.5 Å². The summed E-state index contributed by atoms with van der Waals surface area (Å²) in [6, 6.07) is 7.63. The van der Waals surface area contributed by atoms with E-state index in [4.69, 9.17) is 14.3 Å². The Hall–Kier alpha value is -1.68. The second-order valence-corrected chi connectivity index (χ2v) is 4.12. The van der Waals surface area contributed by atoms with Crippen LogP contribution in [0.2, 0.25) is 0 Å². The van der Waals surface area contributed by atoms with Crippen LogP contribution in [0.3, 0.4) is 0 Å². The van der Waals surface area contributed by atoms with Crippen molar-refractivity contribution in [1.82, 2.24) is 5.48 Å². The lowest BCUT2D eigenvalue weighted by atomic mass is 10.3. The molecule has 0 aromatic heterocycles. The smallest absolute Gasteiger partial charge is 0.119 e. The molecule has 0 bridgehead atoms. The van der Waals surface area contributed by atoms with Gasteiger partial charge in [0.1, 0.15) is 24.7 Å². The Bertz CT molecular complexity index is 362. The van der Waals surface area contributed by atoms with Gasteiger partial charge in [0.15, 0.2) is 0 Å². The van der Waals surface area contributed by atoms with Crippen molar-refractivity contribution < 1.29 is 14.3 Å². The van der Waals surface area contributed by atoms with Gasteiger partial charge in [0.05, 0.1) is 6.10 Å². The van der Waals surface area contributed by atoms with Gasteiger partial charge in [-0.05, 0) is 44.5 Å². The largest absolute Gasteiger partial charge is 0.491 e. The second-order valence-electron chi connectivity index (χ2n) is 4.12. The van der Waals surface area contributed by atoms with Crippen LogP contribution in [0.15, 0.2) is 36.5 Å². The van der Waals surface area contributed by atoms with E-state index in [1.165, 1.54) is 0 Å². The summed E-state index contributed by atoms with van der Waals surface area (Å²) in [6.07, 6.45) is 4.81. The van der Waals surface area contributed by atoms with Crippen molar-refractivity contribution in [2.45, 2.75) is 33.3 Å². The molecule has 106 valence electrons. The van der Waals surface area contributed by atoms with E-state index < -0.39 is 0 Å². The summed E-state index contributed by atoms with van der Waals surface area (Å²) < 4.78 is 11.2. The van der Waals surface area contributed by atoms with E-state index in [0.717, 1.165) is 17.9 Å². The molecule has 1 aromatic rings. The zero-order valence-corrected chi connectivity index (χ0v) is 11.9. The molecule has 0 aliphatic rings. The van der Waals surface area contributed by atoms with E-state index in [1.807, 2.05) is 37.3 Å². The van der Waals surface area contributed by atoms with Crippen molar-refractivity contribution in [2.75, 3.05) is 13.2 Å². The number of hydrogen-bond acceptors (Lipinski definition) is 4. The van der Waals surface area contributed by atoms with Gasteiger partial charge in [-0.2, -0.15) is 0 Å². The summed E-state index contributed by atoms with van der Waals surface area (Å²) in [4.78, 5) is 5.10. The van der Waals surface area contributed by atoms with Crippen LogP contribution in [-0.4, -0.2) is 19.3 Å². The van der Waals surface area contributed by atoms with E-state index in [-0.39, 0.29) is 6.10 Å². The summed E-state index contributed by atoms with van der Waals surface area (Å²) in [5, 5.41) is 0. The monoisotopic (exact) mass is 265 g/mol. The average molecular weight is 265 g/mol. The standard InChI is InChI=1S/C15H23NO3/c1-4-10-16-18-12-11-17-14-6-8-15(9-7-14)19-13(3)5-2/h4,6-10,13,16H,5,11-12H2,1-3H3. The highest BCUT2D eigenvalue weighted by Gasteiger charge is 2.01. The first-order valence-electron chi connectivity index (χ1n) is 6.64. The molecule has 1 unspecified atom stereocenters. The lowest BCUT2D eigenvalue weighted by Crippen LogP contribution is -2.13. The molecule has 0 heterocycles. The van der Waals surface area contributed by atoms with Crippen molar-refractivity contribution >= 4 is 0 Å². The highest BCUT2D eigenvalue weighted by atomic mass is 16.7. The minimum atomic E-state index is 0.234. The van der Waals surface area contributed by atoms with E-state index in [1.54, 1.807) is 6.20 Å². The third-order valence-electron chi connectivity index (χ3n) is 2.51. The number of hydrogen-bond donors (Lipinski definition) is 1. The Morgan fingerprint density at radius 2 is 1.84 bits per heavy atom. The Labute approximate surface area is 115 Å². The third-order valence-corrected chi connectivity index (χ3v) is 2.51. The minimum absolute atomic E-state index is 0.234. The van der Waals surface area contributed by atoms with Crippen LogP contribution in [0, 0.1) is 0 Å². The van der Waals surface area contributed by atoms with Crippen molar-refractivity contribution in [3.8, 4) is 11.5 Å². The van der Waals surface area contributed by atoms with E-state index in [0.29, 0.717) is 13.2 Å². The lowest BCUT2D eigenvalue weighted by molar-refractivity contribution is 0.0479. The Kier molecular flexibility index (Phi) is 7.51. The molecule has 0 aliphatic carbocycles. The molecule has 1 rings (SSSR count). The second kappa shape index (κ2) is 9.28. The van der Waals surface area contributed by atoms with Crippen LogP contribution in [-0.2, 0) is 4.84 Å². The molecule has 0 aliphatic heterocycles. The molecule has 0 radical (unpaired) electrons. The Balaban J connectivity index is 2.24. The molecule has 0 saturated heterocycles. The van der Waals surface area contributed by atoms with Crippen LogP contribution in [0.1, 0.15) is 27.2 Å². The topological polar surface area (TPSA) is 39.7 Å². The highest BCUT2D eigenvalue weighted by molar-refractivity contribution is 5.31. The van der Waals surface area contributed by atoms with Crippen molar-refractivity contribution in [3.63, 3.8) is 0 Å². The maximum Gasteiger partial charge on any atom is 0.119 e. The molecule has 0 spiro atoms. The lowest BCUT2D eigenvalue weighted by Gasteiger charge is -2.13. The van der Waals surface area contributed by atoms with Crippen LogP contribution >= 0.6 is 0 Å². The third kappa shape index (κ3) is 6.72. The highest BCUT2D eigenvalue weighted by Crippen LogP contribution is 2.19. The number of allylic oxidation sites excluding steroid dienone is 1. The first-order chi connectivity index (χ1) is 9.26. The van der Waals surface area contributed by atoms with Crippen molar-refractivity contribution in [2.24, 2.45) is 0 Å². The number of hydroxylamine groups is 1. The fraction of sp³-hybridized carbons (Fsp3) is 0.467. The van der Waals surface area contributed by atoms with E-state index in [9.17, 15) is 0 Å². The molecular formula is C15H23NO3. The van der Waals surface area contributed by atoms with Crippen molar-refractivity contribution in [3.05, 3.63) is 36.5 Å². The fourth-order valence-electron chi connectivity index (χ4n) is 1.31. The molecule has 0 amide bonds. The SMILES string of the molecule is CC=CNOCCOc1ccc(OC(C)CC)cc1. The minimum Gasteiger partial charge on any atom is -0.491 e. The predicted molar refractivity (Wildman–Crippen MR) is 76.2 cm³/mol. The van der Waals surface area contributed by atoms with Crippen LogP contribution < -0.4 is 15.0 Å². The average Bonchev–Trinajstić information content (AvgIpc) is 2.44. The van der Waals surface area contributed by atoms with Gasteiger partial charge >= 0.3 is 0 Å². The van der Waals surface area contributed by atoms with Gasteiger partial charge in [-0.25, -0.2) is 0 Å². The molecule has 4 heteroatoms. The maximum atomic E-state index is 5.69.